The van der Waals surface area contributed by atoms with Crippen LogP contribution in [0, 0.1) is 6.92 Å². The van der Waals surface area contributed by atoms with Crippen LogP contribution in [0.5, 0.6) is 0 Å². The second-order valence-corrected chi connectivity index (χ2v) is 21.8. The summed E-state index contributed by atoms with van der Waals surface area (Å²) < 4.78 is 22.3. The Kier molecular flexibility index (Phi) is 12.2. The molecule has 1 fully saturated rings. The van der Waals surface area contributed by atoms with Crippen molar-refractivity contribution >= 4 is 26.2 Å². The highest BCUT2D eigenvalue weighted by Gasteiger charge is 2.46. The maximum Gasteiger partial charge on any atom is 0.338 e. The van der Waals surface area contributed by atoms with Crippen molar-refractivity contribution in [3.05, 3.63) is 176 Å². The van der Waals surface area contributed by atoms with Gasteiger partial charge in [0.2, 0.25) is 0 Å². The second kappa shape index (κ2) is 16.7. The largest absolute Gasteiger partial charge is 0.459 e. The number of benzene rings is 4. The minimum absolute atomic E-state index is 0.0657. The third kappa shape index (κ3) is 8.82. The molecule has 0 bridgehead atoms. The molecule has 1 N–H and O–H groups in total. The number of carbonyl (C=O) groups is 1. The van der Waals surface area contributed by atoms with Gasteiger partial charge in [-0.1, -0.05) is 142 Å². The molecule has 0 radical (unpaired) electrons. The average molecular weight is 778 g/mol. The zero-order valence-corrected chi connectivity index (χ0v) is 34.5. The highest BCUT2D eigenvalue weighted by molar-refractivity contribution is 7.98. The predicted molar refractivity (Wildman–Crippen MR) is 222 cm³/mol. The summed E-state index contributed by atoms with van der Waals surface area (Å²) in [4.78, 5) is 41.3. The molecule has 0 spiro atoms. The number of rotatable bonds is 13. The van der Waals surface area contributed by atoms with Gasteiger partial charge in [0.15, 0.2) is 8.32 Å². The van der Waals surface area contributed by atoms with E-state index in [1.54, 1.807) is 24.9 Å². The Morgan fingerprint density at radius 1 is 0.873 bits per heavy atom. The summed E-state index contributed by atoms with van der Waals surface area (Å²) in [6.45, 7) is 12.8. The lowest BCUT2D eigenvalue weighted by Crippen LogP contribution is -2.46. The van der Waals surface area contributed by atoms with Crippen molar-refractivity contribution in [2.75, 3.05) is 13.7 Å². The van der Waals surface area contributed by atoms with Gasteiger partial charge in [0.25, 0.3) is 5.56 Å². The lowest BCUT2D eigenvalue weighted by molar-refractivity contribution is -0.0514. The highest BCUT2D eigenvalue weighted by Crippen LogP contribution is 2.50. The van der Waals surface area contributed by atoms with Gasteiger partial charge in [-0.2, -0.15) is 0 Å². The zero-order chi connectivity index (χ0) is 39.4. The molecule has 11 heteroatoms. The Morgan fingerprint density at radius 2 is 1.40 bits per heavy atom. The van der Waals surface area contributed by atoms with Gasteiger partial charge in [-0.05, 0) is 60.4 Å². The molecule has 55 heavy (non-hydrogen) atoms. The quantitative estimate of drug-likeness (QED) is 0.0550. The van der Waals surface area contributed by atoms with Gasteiger partial charge < -0.3 is 13.9 Å². The first-order valence-electron chi connectivity index (χ1n) is 18.7. The van der Waals surface area contributed by atoms with E-state index < -0.39 is 48.7 Å². The summed E-state index contributed by atoms with van der Waals surface area (Å²) in [6.07, 6.45) is 0.119. The number of nitrogens with zero attached hydrogens (tertiary/aromatic N) is 2. The van der Waals surface area contributed by atoms with Gasteiger partial charge in [-0.25, -0.2) is 13.9 Å². The number of ether oxygens (including phenoxy) is 2. The van der Waals surface area contributed by atoms with E-state index >= 15 is 0 Å². The molecule has 1 aliphatic heterocycles. The second-order valence-electron chi connectivity index (χ2n) is 15.7. The predicted octanol–water partition coefficient (Wildman–Crippen LogP) is 8.45. The fraction of sp³-hybridized carbons (Fsp3) is 0.341. The van der Waals surface area contributed by atoms with Crippen molar-refractivity contribution < 1.29 is 18.7 Å². The van der Waals surface area contributed by atoms with Crippen LogP contribution in [0.4, 0.5) is 0 Å². The van der Waals surface area contributed by atoms with Crippen molar-refractivity contribution in [1.82, 2.24) is 13.9 Å². The SMILES string of the molecule is Cc1cn([C@H]2C[C@H](O[Si](C)(C)C(C)(C)C)[C@@H](COC(=O)c3ccccc3CN(C)SC(c3ccccc3)(c3ccccc3)c3ccccc3)O2)c(=O)[nH]c1=O. The van der Waals surface area contributed by atoms with E-state index in [-0.39, 0.29) is 11.6 Å². The van der Waals surface area contributed by atoms with E-state index in [0.717, 1.165) is 22.3 Å². The van der Waals surface area contributed by atoms with E-state index in [2.05, 4.69) is 116 Å². The van der Waals surface area contributed by atoms with Crippen LogP contribution in [0.1, 0.15) is 71.6 Å². The molecular formula is C44H51N3O6SSi. The molecular weight excluding hydrogens is 727 g/mol. The van der Waals surface area contributed by atoms with Gasteiger partial charge in [0, 0.05) is 24.7 Å². The first-order chi connectivity index (χ1) is 26.2. The number of esters is 1. The number of aromatic nitrogens is 2. The van der Waals surface area contributed by atoms with Crippen LogP contribution in [0.3, 0.4) is 0 Å². The Morgan fingerprint density at radius 3 is 1.95 bits per heavy atom. The van der Waals surface area contributed by atoms with E-state index in [4.69, 9.17) is 13.9 Å². The molecule has 0 amide bonds. The van der Waals surface area contributed by atoms with Crippen LogP contribution in [0.25, 0.3) is 0 Å². The van der Waals surface area contributed by atoms with E-state index in [9.17, 15) is 14.4 Å². The van der Waals surface area contributed by atoms with Crippen molar-refractivity contribution in [2.24, 2.45) is 0 Å². The van der Waals surface area contributed by atoms with Gasteiger partial charge in [0.1, 0.15) is 23.7 Å². The molecule has 1 aliphatic rings. The standard InChI is InChI=1S/C44H51N3O6SSi/c1-31-28-47(42(50)45-40(31)48)39-27-37(53-55(6,7)43(2,3)4)38(52-39)30-51-41(49)36-26-18-17-19-32(36)29-46(5)54-44(33-20-11-8-12-21-33,34-22-13-9-14-23-34)35-24-15-10-16-25-35/h8-26,28,37-39H,27,29-30H2,1-7H3,(H,45,48,50)/t37-,38+,39+/m0/s1. The van der Waals surface area contributed by atoms with Crippen molar-refractivity contribution in [1.29, 1.82) is 0 Å². The topological polar surface area (TPSA) is 103 Å². The third-order valence-corrected chi connectivity index (χ3v) is 16.7. The lowest BCUT2D eigenvalue weighted by Gasteiger charge is -2.39. The van der Waals surface area contributed by atoms with Crippen LogP contribution in [0.2, 0.25) is 18.1 Å². The molecule has 1 saturated heterocycles. The molecule has 0 unspecified atom stereocenters. The lowest BCUT2D eigenvalue weighted by atomic mass is 9.84. The Bertz CT molecular complexity index is 2090. The fourth-order valence-electron chi connectivity index (χ4n) is 6.78. The van der Waals surface area contributed by atoms with Crippen LogP contribution in [0.15, 0.2) is 131 Å². The van der Waals surface area contributed by atoms with Gasteiger partial charge in [-0.15, -0.1) is 0 Å². The van der Waals surface area contributed by atoms with E-state index in [1.165, 1.54) is 10.8 Å². The molecule has 3 atom stereocenters. The van der Waals surface area contributed by atoms with Crippen LogP contribution >= 0.6 is 11.9 Å². The molecule has 0 aliphatic carbocycles. The van der Waals surface area contributed by atoms with Crippen molar-refractivity contribution in [3.8, 4) is 0 Å². The van der Waals surface area contributed by atoms with Crippen LogP contribution in [-0.4, -0.2) is 54.0 Å². The van der Waals surface area contributed by atoms with Gasteiger partial charge in [-0.3, -0.25) is 14.3 Å². The molecule has 9 nitrogen and oxygen atoms in total. The first kappa shape index (κ1) is 40.1. The molecule has 1 aromatic heterocycles. The van der Waals surface area contributed by atoms with Crippen molar-refractivity contribution in [3.63, 3.8) is 0 Å². The summed E-state index contributed by atoms with van der Waals surface area (Å²) in [5.74, 6) is -0.468. The summed E-state index contributed by atoms with van der Waals surface area (Å²) in [5.41, 5.74) is 4.10. The summed E-state index contributed by atoms with van der Waals surface area (Å²) in [5, 5.41) is -0.0835. The number of hydrogen-bond donors (Lipinski definition) is 1. The number of aromatic amines is 1. The van der Waals surface area contributed by atoms with Crippen LogP contribution < -0.4 is 11.2 Å². The molecule has 288 valence electrons. The average Bonchev–Trinajstić information content (AvgIpc) is 3.56. The van der Waals surface area contributed by atoms with Gasteiger partial charge >= 0.3 is 11.7 Å². The fourth-order valence-corrected chi connectivity index (χ4v) is 9.53. The molecule has 0 saturated carbocycles. The maximum absolute atomic E-state index is 14.0. The number of H-pyrrole nitrogens is 1. The normalized spacial score (nSPS) is 17.7. The summed E-state index contributed by atoms with van der Waals surface area (Å²) in [7, 11) is -0.243. The summed E-state index contributed by atoms with van der Waals surface area (Å²) >= 11 is 1.71. The molecule has 6 rings (SSSR count). The number of hydrogen-bond acceptors (Lipinski definition) is 8. The number of nitrogens with one attached hydrogen (secondary N) is 1. The van der Waals surface area contributed by atoms with E-state index in [1.807, 2.05) is 43.4 Å². The number of aryl methyl sites for hydroxylation is 1. The minimum Gasteiger partial charge on any atom is -0.459 e. The maximum atomic E-state index is 14.0. The first-order valence-corrected chi connectivity index (χ1v) is 22.3. The van der Waals surface area contributed by atoms with Crippen molar-refractivity contribution in [2.45, 2.75) is 82.0 Å². The monoisotopic (exact) mass is 777 g/mol. The molecule has 4 aromatic carbocycles. The Balaban J connectivity index is 1.24. The highest BCUT2D eigenvalue weighted by atomic mass is 32.2. The number of carbonyl (C=O) groups excluding carboxylic acids is 1. The Hall–Kier alpha value is -4.52. The third-order valence-electron chi connectivity index (χ3n) is 10.7. The molecule has 2 heterocycles. The minimum atomic E-state index is -2.29. The Labute approximate surface area is 328 Å². The smallest absolute Gasteiger partial charge is 0.338 e. The van der Waals surface area contributed by atoms with Gasteiger partial charge in [0.05, 0.1) is 11.7 Å². The van der Waals surface area contributed by atoms with E-state index in [0.29, 0.717) is 24.1 Å². The zero-order valence-electron chi connectivity index (χ0n) is 32.7. The van der Waals surface area contributed by atoms with Crippen LogP contribution in [-0.2, 0) is 25.2 Å². The molecule has 5 aromatic rings. The summed E-state index contributed by atoms with van der Waals surface area (Å²) in [6, 6.07) is 39.0.